The number of aromatic hydroxyl groups is 1. The Morgan fingerprint density at radius 3 is 2.92 bits per heavy atom. The monoisotopic (exact) mass is 363 g/mol. The van der Waals surface area contributed by atoms with E-state index in [1.165, 1.54) is 11.3 Å². The minimum Gasteiger partial charge on any atom is -0.508 e. The van der Waals surface area contributed by atoms with Crippen LogP contribution in [0.15, 0.2) is 74.3 Å². The average molecular weight is 363 g/mol. The SMILES string of the molecule is O=c1oc2ccccc2cc1-c1csc(N/N=C/c2cccc(O)c2)n1. The largest absolute Gasteiger partial charge is 0.508 e. The summed E-state index contributed by atoms with van der Waals surface area (Å²) in [4.78, 5) is 16.6. The Bertz CT molecular complexity index is 1160. The third kappa shape index (κ3) is 3.33. The third-order valence-electron chi connectivity index (χ3n) is 3.67. The summed E-state index contributed by atoms with van der Waals surface area (Å²) < 4.78 is 5.34. The highest BCUT2D eigenvalue weighted by atomic mass is 32.1. The number of rotatable bonds is 4. The standard InChI is InChI=1S/C19H13N3O3S/c23-14-6-3-4-12(8-14)10-20-22-19-21-16(11-26-19)15-9-13-5-1-2-7-17(13)25-18(15)24/h1-11,23H,(H,21,22)/b20-10+. The van der Waals surface area contributed by atoms with Crippen molar-refractivity contribution in [2.24, 2.45) is 5.10 Å². The minimum atomic E-state index is -0.427. The summed E-state index contributed by atoms with van der Waals surface area (Å²) in [6, 6.07) is 15.9. The molecule has 0 bridgehead atoms. The van der Waals surface area contributed by atoms with Crippen LogP contribution in [0.4, 0.5) is 5.13 Å². The Labute approximate surface area is 152 Å². The molecule has 0 saturated heterocycles. The number of para-hydroxylation sites is 1. The van der Waals surface area contributed by atoms with Gasteiger partial charge in [0.25, 0.3) is 0 Å². The first kappa shape index (κ1) is 16.0. The molecule has 0 spiro atoms. The number of anilines is 1. The van der Waals surface area contributed by atoms with E-state index in [0.717, 1.165) is 10.9 Å². The van der Waals surface area contributed by atoms with Crippen LogP contribution in [0.1, 0.15) is 5.56 Å². The molecule has 6 nitrogen and oxygen atoms in total. The molecule has 0 aliphatic heterocycles. The zero-order valence-electron chi connectivity index (χ0n) is 13.4. The van der Waals surface area contributed by atoms with E-state index in [1.807, 2.05) is 24.3 Å². The van der Waals surface area contributed by atoms with Gasteiger partial charge in [-0.1, -0.05) is 30.3 Å². The molecule has 2 N–H and O–H groups in total. The van der Waals surface area contributed by atoms with Gasteiger partial charge in [0.2, 0.25) is 5.13 Å². The number of hydrogen-bond acceptors (Lipinski definition) is 7. The van der Waals surface area contributed by atoms with Gasteiger partial charge in [0, 0.05) is 10.8 Å². The topological polar surface area (TPSA) is 87.7 Å². The number of hydrogen-bond donors (Lipinski definition) is 2. The number of phenolic OH excluding ortho intramolecular Hbond substituents is 1. The lowest BCUT2D eigenvalue weighted by molar-refractivity contribution is 0.475. The van der Waals surface area contributed by atoms with Crippen molar-refractivity contribution in [3.8, 4) is 17.0 Å². The van der Waals surface area contributed by atoms with Crippen molar-refractivity contribution in [3.63, 3.8) is 0 Å². The van der Waals surface area contributed by atoms with E-state index >= 15 is 0 Å². The lowest BCUT2D eigenvalue weighted by Crippen LogP contribution is -2.02. The van der Waals surface area contributed by atoms with Crippen molar-refractivity contribution >= 4 is 33.7 Å². The van der Waals surface area contributed by atoms with Crippen LogP contribution in [0.25, 0.3) is 22.2 Å². The van der Waals surface area contributed by atoms with E-state index in [-0.39, 0.29) is 5.75 Å². The fourth-order valence-corrected chi connectivity index (χ4v) is 3.12. The molecule has 0 saturated carbocycles. The summed E-state index contributed by atoms with van der Waals surface area (Å²) in [6.45, 7) is 0. The predicted octanol–water partition coefficient (Wildman–Crippen LogP) is 4.07. The Morgan fingerprint density at radius 2 is 2.04 bits per heavy atom. The lowest BCUT2D eigenvalue weighted by Gasteiger charge is -1.99. The molecule has 4 rings (SSSR count). The van der Waals surface area contributed by atoms with Gasteiger partial charge >= 0.3 is 5.63 Å². The summed E-state index contributed by atoms with van der Waals surface area (Å²) in [6.07, 6.45) is 1.57. The maximum atomic E-state index is 12.2. The van der Waals surface area contributed by atoms with Gasteiger partial charge in [-0.15, -0.1) is 11.3 Å². The van der Waals surface area contributed by atoms with Crippen molar-refractivity contribution < 1.29 is 9.52 Å². The van der Waals surface area contributed by atoms with Crippen LogP contribution in [0.3, 0.4) is 0 Å². The van der Waals surface area contributed by atoms with Crippen LogP contribution in [0.5, 0.6) is 5.75 Å². The first-order valence-corrected chi connectivity index (χ1v) is 8.64. The molecule has 0 amide bonds. The van der Waals surface area contributed by atoms with E-state index in [0.29, 0.717) is 22.0 Å². The molecule has 4 aromatic rings. The van der Waals surface area contributed by atoms with E-state index in [1.54, 1.807) is 41.9 Å². The Kier molecular flexibility index (Phi) is 4.20. The normalized spacial score (nSPS) is 11.2. The molecule has 0 fully saturated rings. The van der Waals surface area contributed by atoms with Crippen molar-refractivity contribution in [1.82, 2.24) is 4.98 Å². The average Bonchev–Trinajstić information content (AvgIpc) is 3.10. The number of thiazole rings is 1. The third-order valence-corrected chi connectivity index (χ3v) is 4.41. The maximum absolute atomic E-state index is 12.2. The highest BCUT2D eigenvalue weighted by Gasteiger charge is 2.11. The number of aromatic nitrogens is 1. The second-order valence-corrected chi connectivity index (χ2v) is 6.35. The number of nitrogens with zero attached hydrogens (tertiary/aromatic N) is 2. The summed E-state index contributed by atoms with van der Waals surface area (Å²) >= 11 is 1.33. The Morgan fingerprint density at radius 1 is 1.15 bits per heavy atom. The number of fused-ring (bicyclic) bond motifs is 1. The van der Waals surface area contributed by atoms with E-state index in [4.69, 9.17) is 4.42 Å². The summed E-state index contributed by atoms with van der Waals surface area (Å²) in [5.74, 6) is 0.175. The zero-order valence-corrected chi connectivity index (χ0v) is 14.2. The number of hydrazone groups is 1. The molecule has 0 aliphatic rings. The van der Waals surface area contributed by atoms with Crippen molar-refractivity contribution in [2.75, 3.05) is 5.43 Å². The van der Waals surface area contributed by atoms with Crippen LogP contribution in [-0.2, 0) is 0 Å². The second-order valence-electron chi connectivity index (χ2n) is 5.49. The van der Waals surface area contributed by atoms with Crippen LogP contribution in [0.2, 0.25) is 0 Å². The Hall–Kier alpha value is -3.45. The van der Waals surface area contributed by atoms with Crippen LogP contribution >= 0.6 is 11.3 Å². The van der Waals surface area contributed by atoms with E-state index in [9.17, 15) is 9.90 Å². The van der Waals surface area contributed by atoms with Gasteiger partial charge < -0.3 is 9.52 Å². The molecule has 2 aromatic heterocycles. The van der Waals surface area contributed by atoms with Gasteiger partial charge in [-0.05, 0) is 29.8 Å². The van der Waals surface area contributed by atoms with Gasteiger partial charge in [-0.3, -0.25) is 5.43 Å². The minimum absolute atomic E-state index is 0.175. The van der Waals surface area contributed by atoms with Gasteiger partial charge in [0.1, 0.15) is 11.3 Å². The fourth-order valence-electron chi connectivity index (χ4n) is 2.46. The number of nitrogens with one attached hydrogen (secondary N) is 1. The lowest BCUT2D eigenvalue weighted by atomic mass is 10.1. The van der Waals surface area contributed by atoms with Gasteiger partial charge in [0.15, 0.2) is 0 Å². The van der Waals surface area contributed by atoms with Crippen LogP contribution in [-0.4, -0.2) is 16.3 Å². The van der Waals surface area contributed by atoms with Crippen molar-refractivity contribution in [2.45, 2.75) is 0 Å². The molecular formula is C19H13N3O3S. The van der Waals surface area contributed by atoms with Crippen molar-refractivity contribution in [3.05, 3.63) is 76.0 Å². The maximum Gasteiger partial charge on any atom is 0.345 e. The Balaban J connectivity index is 1.56. The summed E-state index contributed by atoms with van der Waals surface area (Å²) in [5, 5.41) is 16.7. The zero-order chi connectivity index (χ0) is 17.9. The first-order chi connectivity index (χ1) is 12.7. The molecule has 0 aliphatic carbocycles. The predicted molar refractivity (Wildman–Crippen MR) is 103 cm³/mol. The first-order valence-electron chi connectivity index (χ1n) is 7.76. The summed E-state index contributed by atoms with van der Waals surface area (Å²) in [7, 11) is 0. The van der Waals surface area contributed by atoms with Gasteiger partial charge in [-0.2, -0.15) is 5.10 Å². The highest BCUT2D eigenvalue weighted by Crippen LogP contribution is 2.25. The molecule has 2 heterocycles. The van der Waals surface area contributed by atoms with Gasteiger partial charge in [0.05, 0.1) is 17.5 Å². The van der Waals surface area contributed by atoms with Crippen LogP contribution < -0.4 is 11.1 Å². The summed E-state index contributed by atoms with van der Waals surface area (Å²) in [5.41, 5.74) is 4.64. The van der Waals surface area contributed by atoms with E-state index < -0.39 is 5.63 Å². The quantitative estimate of drug-likeness (QED) is 0.324. The van der Waals surface area contributed by atoms with Crippen molar-refractivity contribution in [1.29, 1.82) is 0 Å². The molecule has 26 heavy (non-hydrogen) atoms. The van der Waals surface area contributed by atoms with Gasteiger partial charge in [-0.25, -0.2) is 9.78 Å². The molecule has 2 aromatic carbocycles. The second kappa shape index (κ2) is 6.81. The highest BCUT2D eigenvalue weighted by molar-refractivity contribution is 7.14. The molecule has 0 atom stereocenters. The molecule has 128 valence electrons. The van der Waals surface area contributed by atoms with E-state index in [2.05, 4.69) is 15.5 Å². The smallest absolute Gasteiger partial charge is 0.345 e. The molecule has 7 heteroatoms. The molecule has 0 unspecified atom stereocenters. The number of benzene rings is 2. The number of phenols is 1. The fraction of sp³-hybridized carbons (Fsp3) is 0. The molecular weight excluding hydrogens is 350 g/mol. The van der Waals surface area contributed by atoms with Crippen LogP contribution in [0, 0.1) is 0 Å². The molecule has 0 radical (unpaired) electrons.